The molecule has 0 saturated carbocycles. The molecule has 0 atom stereocenters. The van der Waals surface area contributed by atoms with Crippen molar-refractivity contribution in [3.05, 3.63) is 71.1 Å². The zero-order valence-electron chi connectivity index (χ0n) is 12.2. The van der Waals surface area contributed by atoms with Crippen LogP contribution in [0.15, 0.2) is 65.4 Å². The average Bonchev–Trinajstić information content (AvgIpc) is 3.09. The first-order valence-corrected chi connectivity index (χ1v) is 7.78. The van der Waals surface area contributed by atoms with Gasteiger partial charge in [0, 0.05) is 28.6 Å². The minimum Gasteiger partial charge on any atom is -0.317 e. The fraction of sp³-hybridized carbons (Fsp3) is 0.0588. The zero-order chi connectivity index (χ0) is 16.4. The number of urea groups is 1. The van der Waals surface area contributed by atoms with E-state index in [1.165, 1.54) is 6.08 Å². The van der Waals surface area contributed by atoms with Crippen molar-refractivity contribution < 1.29 is 9.59 Å². The molecule has 0 bridgehead atoms. The Kier molecular flexibility index (Phi) is 4.16. The van der Waals surface area contributed by atoms with Gasteiger partial charge < -0.3 is 9.88 Å². The fourth-order valence-corrected chi connectivity index (χ4v) is 2.63. The van der Waals surface area contributed by atoms with E-state index in [0.29, 0.717) is 0 Å². The molecule has 1 aromatic carbocycles. The summed E-state index contributed by atoms with van der Waals surface area (Å²) in [4.78, 5) is 25.2. The Morgan fingerprint density at radius 3 is 2.61 bits per heavy atom. The number of nitrogens with zero attached hydrogens (tertiary/aromatic N) is 2. The molecule has 1 N–H and O–H groups in total. The van der Waals surface area contributed by atoms with Gasteiger partial charge in [-0.05, 0) is 42.5 Å². The number of hydrogen-bond acceptors (Lipinski definition) is 2. The number of halogens is 1. The van der Waals surface area contributed by atoms with Crippen LogP contribution in [0.2, 0.25) is 0 Å². The van der Waals surface area contributed by atoms with Crippen LogP contribution in [0.3, 0.4) is 0 Å². The highest BCUT2D eigenvalue weighted by molar-refractivity contribution is 9.10. The van der Waals surface area contributed by atoms with E-state index in [0.717, 1.165) is 20.8 Å². The Hall–Kier alpha value is -2.60. The maximum atomic E-state index is 12.2. The lowest BCUT2D eigenvalue weighted by Crippen LogP contribution is -2.30. The lowest BCUT2D eigenvalue weighted by atomic mass is 10.2. The van der Waals surface area contributed by atoms with E-state index in [-0.39, 0.29) is 18.1 Å². The van der Waals surface area contributed by atoms with Gasteiger partial charge in [0.15, 0.2) is 0 Å². The van der Waals surface area contributed by atoms with Crippen LogP contribution >= 0.6 is 15.9 Å². The molecular weight excluding hydrogens is 358 g/mol. The molecule has 6 heteroatoms. The third-order valence-electron chi connectivity index (χ3n) is 3.45. The number of aromatic nitrogens is 1. The minimum absolute atomic E-state index is 0.190. The summed E-state index contributed by atoms with van der Waals surface area (Å²) in [5.74, 6) is -0.349. The van der Waals surface area contributed by atoms with Crippen LogP contribution in [0.5, 0.6) is 0 Å². The van der Waals surface area contributed by atoms with Gasteiger partial charge in [0.1, 0.15) is 5.70 Å². The first kappa shape index (κ1) is 15.3. The highest BCUT2D eigenvalue weighted by Crippen LogP contribution is 2.19. The molecule has 3 amide bonds. The van der Waals surface area contributed by atoms with Crippen molar-refractivity contribution in [2.75, 3.05) is 6.54 Å². The summed E-state index contributed by atoms with van der Waals surface area (Å²) in [6.07, 6.45) is 5.09. The van der Waals surface area contributed by atoms with Crippen LogP contribution in [-0.2, 0) is 4.79 Å². The monoisotopic (exact) mass is 371 g/mol. The summed E-state index contributed by atoms with van der Waals surface area (Å²) in [7, 11) is 0. The van der Waals surface area contributed by atoms with E-state index in [1.807, 2.05) is 47.2 Å². The topological polar surface area (TPSA) is 54.3 Å². The van der Waals surface area contributed by atoms with Gasteiger partial charge in [-0.3, -0.25) is 9.69 Å². The molecule has 1 fully saturated rings. The van der Waals surface area contributed by atoms with Crippen molar-refractivity contribution in [2.45, 2.75) is 0 Å². The Bertz CT molecular complexity index is 806. The van der Waals surface area contributed by atoms with Crippen LogP contribution < -0.4 is 5.32 Å². The Morgan fingerprint density at radius 1 is 1.17 bits per heavy atom. The van der Waals surface area contributed by atoms with Gasteiger partial charge in [-0.2, -0.15) is 0 Å². The molecule has 23 heavy (non-hydrogen) atoms. The summed E-state index contributed by atoms with van der Waals surface area (Å²) in [6.45, 7) is 3.74. The molecule has 1 aliphatic rings. The fourth-order valence-electron chi connectivity index (χ4n) is 2.36. The van der Waals surface area contributed by atoms with Crippen LogP contribution in [0, 0.1) is 0 Å². The second-order valence-corrected chi connectivity index (χ2v) is 5.89. The van der Waals surface area contributed by atoms with Crippen LogP contribution in [0.4, 0.5) is 4.79 Å². The van der Waals surface area contributed by atoms with Gasteiger partial charge in [0.25, 0.3) is 5.91 Å². The number of hydrogen-bond donors (Lipinski definition) is 1. The average molecular weight is 372 g/mol. The molecule has 2 heterocycles. The smallest absolute Gasteiger partial charge is 0.317 e. The number of rotatable bonds is 4. The van der Waals surface area contributed by atoms with Gasteiger partial charge >= 0.3 is 6.03 Å². The normalized spacial score (nSPS) is 16.0. The molecule has 0 unspecified atom stereocenters. The predicted molar refractivity (Wildman–Crippen MR) is 91.9 cm³/mol. The minimum atomic E-state index is -0.428. The van der Waals surface area contributed by atoms with Gasteiger partial charge in [-0.25, -0.2) is 4.79 Å². The second-order valence-electron chi connectivity index (χ2n) is 4.97. The first-order chi connectivity index (χ1) is 11.1. The Balaban J connectivity index is 1.94. The second kappa shape index (κ2) is 6.26. The number of benzene rings is 1. The van der Waals surface area contributed by atoms with Crippen molar-refractivity contribution in [3.8, 4) is 5.69 Å². The molecule has 116 valence electrons. The summed E-state index contributed by atoms with van der Waals surface area (Å²) < 4.78 is 2.93. The van der Waals surface area contributed by atoms with E-state index in [9.17, 15) is 9.59 Å². The van der Waals surface area contributed by atoms with Crippen molar-refractivity contribution in [1.29, 1.82) is 0 Å². The predicted octanol–water partition coefficient (Wildman–Crippen LogP) is 3.32. The molecule has 2 aromatic rings. The summed E-state index contributed by atoms with van der Waals surface area (Å²) in [5, 5.41) is 2.59. The maximum Gasteiger partial charge on any atom is 0.329 e. The van der Waals surface area contributed by atoms with Crippen molar-refractivity contribution in [1.82, 2.24) is 14.8 Å². The quantitative estimate of drug-likeness (QED) is 0.509. The lowest BCUT2D eigenvalue weighted by molar-refractivity contribution is -0.122. The van der Waals surface area contributed by atoms with E-state index in [2.05, 4.69) is 27.8 Å². The number of carbonyl (C=O) groups excluding carboxylic acids is 2. The standard InChI is InChI=1S/C17H14BrN3O2/c1-2-9-21-16(22)15(19-17(21)23)11-14-4-3-10-20(14)13-7-5-12(18)6-8-13/h2-8,10-11H,1,9H2,(H,19,23)/b15-11+. The third kappa shape index (κ3) is 2.98. The van der Waals surface area contributed by atoms with Crippen LogP contribution in [0.1, 0.15) is 5.69 Å². The molecule has 0 radical (unpaired) electrons. The maximum absolute atomic E-state index is 12.2. The lowest BCUT2D eigenvalue weighted by Gasteiger charge is -2.08. The number of nitrogens with one attached hydrogen (secondary N) is 1. The van der Waals surface area contributed by atoms with E-state index >= 15 is 0 Å². The van der Waals surface area contributed by atoms with Gasteiger partial charge in [0.05, 0.1) is 0 Å². The van der Waals surface area contributed by atoms with Gasteiger partial charge in [0.2, 0.25) is 0 Å². The number of carbonyl (C=O) groups is 2. The first-order valence-electron chi connectivity index (χ1n) is 6.99. The molecule has 1 aliphatic heterocycles. The molecule has 1 aromatic heterocycles. The molecular formula is C17H14BrN3O2. The molecule has 1 saturated heterocycles. The highest BCUT2D eigenvalue weighted by Gasteiger charge is 2.32. The third-order valence-corrected chi connectivity index (χ3v) is 3.98. The number of imide groups is 1. The SMILES string of the molecule is C=CCN1C(=O)N/C(=C/c2cccn2-c2ccc(Br)cc2)C1=O. The van der Waals surface area contributed by atoms with Gasteiger partial charge in [-0.15, -0.1) is 6.58 Å². The Morgan fingerprint density at radius 2 is 1.91 bits per heavy atom. The molecule has 0 aliphatic carbocycles. The zero-order valence-corrected chi connectivity index (χ0v) is 13.8. The molecule has 3 rings (SSSR count). The van der Waals surface area contributed by atoms with Crippen LogP contribution in [-0.4, -0.2) is 28.0 Å². The largest absolute Gasteiger partial charge is 0.329 e. The molecule has 0 spiro atoms. The summed E-state index contributed by atoms with van der Waals surface area (Å²) >= 11 is 3.41. The van der Waals surface area contributed by atoms with Crippen molar-refractivity contribution >= 4 is 33.9 Å². The summed E-state index contributed by atoms with van der Waals surface area (Å²) in [6, 6.07) is 11.2. The van der Waals surface area contributed by atoms with E-state index in [4.69, 9.17) is 0 Å². The number of amides is 3. The Labute approximate surface area is 142 Å². The van der Waals surface area contributed by atoms with Crippen LogP contribution in [0.25, 0.3) is 11.8 Å². The van der Waals surface area contributed by atoms with Gasteiger partial charge in [-0.1, -0.05) is 22.0 Å². The van der Waals surface area contributed by atoms with E-state index < -0.39 is 6.03 Å². The van der Waals surface area contributed by atoms with Crippen molar-refractivity contribution in [3.63, 3.8) is 0 Å². The highest BCUT2D eigenvalue weighted by atomic mass is 79.9. The van der Waals surface area contributed by atoms with Crippen molar-refractivity contribution in [2.24, 2.45) is 0 Å². The van der Waals surface area contributed by atoms with E-state index in [1.54, 1.807) is 6.08 Å². The molecule has 5 nitrogen and oxygen atoms in total. The summed E-state index contributed by atoms with van der Waals surface area (Å²) in [5.41, 5.74) is 2.02.